The summed E-state index contributed by atoms with van der Waals surface area (Å²) in [7, 11) is 1.63. The number of hydrogen-bond donors (Lipinski definition) is 1. The Bertz CT molecular complexity index is 986. The van der Waals surface area contributed by atoms with Crippen molar-refractivity contribution < 1.29 is 14.3 Å². The van der Waals surface area contributed by atoms with E-state index in [1.165, 1.54) is 0 Å². The molecule has 31 heavy (non-hydrogen) atoms. The molecule has 2 aromatic rings. The molecule has 1 unspecified atom stereocenters. The first-order valence-electron chi connectivity index (χ1n) is 10.5. The van der Waals surface area contributed by atoms with Crippen LogP contribution in [0.3, 0.4) is 0 Å². The summed E-state index contributed by atoms with van der Waals surface area (Å²) in [6.45, 7) is 4.99. The molecule has 7 nitrogen and oxygen atoms in total. The summed E-state index contributed by atoms with van der Waals surface area (Å²) >= 11 is 0. The predicted octanol–water partition coefficient (Wildman–Crippen LogP) is 2.58. The zero-order chi connectivity index (χ0) is 22.0. The molecule has 2 aliphatic rings. The largest absolute Gasteiger partial charge is 0.497 e. The first kappa shape index (κ1) is 21.1. The Hall–Kier alpha value is -3.19. The summed E-state index contributed by atoms with van der Waals surface area (Å²) in [6.07, 6.45) is 0.631. The highest BCUT2D eigenvalue weighted by molar-refractivity contribution is 6.03. The van der Waals surface area contributed by atoms with Crippen LogP contribution in [-0.4, -0.2) is 59.7 Å². The summed E-state index contributed by atoms with van der Waals surface area (Å²) in [6, 6.07) is 17.5. The standard InChI is InChI=1S/C24H28N4O3/c1-24(2)23(30)25-13-14-27(24)16-22(29)28-21(18-9-11-19(31-3)12-10-18)15-20(26-28)17-7-5-4-6-8-17/h4-12,21H,13-16H2,1-3H3,(H,25,30). The molecule has 0 bridgehead atoms. The van der Waals surface area contributed by atoms with Crippen molar-refractivity contribution in [3.05, 3.63) is 65.7 Å². The van der Waals surface area contributed by atoms with Gasteiger partial charge in [0.25, 0.3) is 5.91 Å². The lowest BCUT2D eigenvalue weighted by atomic mass is 9.97. The summed E-state index contributed by atoms with van der Waals surface area (Å²) in [5.41, 5.74) is 2.15. The van der Waals surface area contributed by atoms with Crippen LogP contribution in [0, 0.1) is 0 Å². The van der Waals surface area contributed by atoms with E-state index in [2.05, 4.69) is 5.32 Å². The minimum atomic E-state index is -0.741. The molecule has 1 saturated heterocycles. The summed E-state index contributed by atoms with van der Waals surface area (Å²) in [5, 5.41) is 9.20. The van der Waals surface area contributed by atoms with E-state index in [-0.39, 0.29) is 24.4 Å². The molecule has 4 rings (SSSR count). The summed E-state index contributed by atoms with van der Waals surface area (Å²) < 4.78 is 5.28. The van der Waals surface area contributed by atoms with Gasteiger partial charge >= 0.3 is 0 Å². The number of piperazine rings is 1. The number of nitrogens with one attached hydrogen (secondary N) is 1. The number of methoxy groups -OCH3 is 1. The highest BCUT2D eigenvalue weighted by Crippen LogP contribution is 2.34. The second-order valence-corrected chi connectivity index (χ2v) is 8.38. The fourth-order valence-corrected chi connectivity index (χ4v) is 4.09. The van der Waals surface area contributed by atoms with E-state index in [0.29, 0.717) is 19.5 Å². The Balaban J connectivity index is 1.62. The average molecular weight is 421 g/mol. The van der Waals surface area contributed by atoms with Crippen LogP contribution < -0.4 is 10.1 Å². The Labute approximate surface area is 182 Å². The van der Waals surface area contributed by atoms with Gasteiger partial charge in [-0.3, -0.25) is 14.5 Å². The summed E-state index contributed by atoms with van der Waals surface area (Å²) in [4.78, 5) is 27.6. The van der Waals surface area contributed by atoms with E-state index in [0.717, 1.165) is 22.6 Å². The van der Waals surface area contributed by atoms with Crippen molar-refractivity contribution >= 4 is 17.5 Å². The van der Waals surface area contributed by atoms with Gasteiger partial charge in [-0.15, -0.1) is 0 Å². The molecule has 0 radical (unpaired) electrons. The number of rotatable bonds is 5. The summed E-state index contributed by atoms with van der Waals surface area (Å²) in [5.74, 6) is 0.590. The fraction of sp³-hybridized carbons (Fsp3) is 0.375. The second kappa shape index (κ2) is 8.51. The molecule has 0 saturated carbocycles. The first-order valence-corrected chi connectivity index (χ1v) is 10.5. The lowest BCUT2D eigenvalue weighted by Gasteiger charge is -2.41. The van der Waals surface area contributed by atoms with Crippen molar-refractivity contribution in [1.82, 2.24) is 15.2 Å². The van der Waals surface area contributed by atoms with Crippen molar-refractivity contribution in [2.45, 2.75) is 31.8 Å². The van der Waals surface area contributed by atoms with Crippen LogP contribution >= 0.6 is 0 Å². The molecule has 7 heteroatoms. The van der Waals surface area contributed by atoms with Crippen molar-refractivity contribution in [1.29, 1.82) is 0 Å². The van der Waals surface area contributed by atoms with Gasteiger partial charge in [0.15, 0.2) is 0 Å². The number of benzene rings is 2. The molecule has 2 amide bonds. The average Bonchev–Trinajstić information content (AvgIpc) is 3.23. The fourth-order valence-electron chi connectivity index (χ4n) is 4.09. The van der Waals surface area contributed by atoms with E-state index in [1.54, 1.807) is 12.1 Å². The van der Waals surface area contributed by atoms with Crippen molar-refractivity contribution in [2.24, 2.45) is 5.10 Å². The second-order valence-electron chi connectivity index (χ2n) is 8.38. The zero-order valence-corrected chi connectivity index (χ0v) is 18.2. The van der Waals surface area contributed by atoms with E-state index in [1.807, 2.05) is 73.3 Å². The minimum absolute atomic E-state index is 0.0619. The molecule has 1 fully saturated rings. The van der Waals surface area contributed by atoms with Gasteiger partial charge in [0, 0.05) is 19.5 Å². The highest BCUT2D eigenvalue weighted by atomic mass is 16.5. The lowest BCUT2D eigenvalue weighted by molar-refractivity contribution is -0.141. The normalized spacial score (nSPS) is 20.9. The monoisotopic (exact) mass is 420 g/mol. The van der Waals surface area contributed by atoms with Crippen LogP contribution in [-0.2, 0) is 9.59 Å². The highest BCUT2D eigenvalue weighted by Gasteiger charge is 2.41. The molecule has 2 heterocycles. The third-order valence-corrected chi connectivity index (χ3v) is 6.11. The molecule has 162 valence electrons. The molecule has 0 aliphatic carbocycles. The van der Waals surface area contributed by atoms with Crippen LogP contribution in [0.4, 0.5) is 0 Å². The van der Waals surface area contributed by atoms with E-state index in [9.17, 15) is 9.59 Å². The Morgan fingerprint density at radius 1 is 1.16 bits per heavy atom. The van der Waals surface area contributed by atoms with Crippen molar-refractivity contribution in [2.75, 3.05) is 26.7 Å². The van der Waals surface area contributed by atoms with E-state index in [4.69, 9.17) is 9.84 Å². The van der Waals surface area contributed by atoms with Crippen LogP contribution in [0.25, 0.3) is 0 Å². The van der Waals surface area contributed by atoms with Crippen LogP contribution in [0.5, 0.6) is 5.75 Å². The van der Waals surface area contributed by atoms with Crippen LogP contribution in [0.2, 0.25) is 0 Å². The number of ether oxygens (including phenoxy) is 1. The van der Waals surface area contributed by atoms with Crippen molar-refractivity contribution in [3.63, 3.8) is 0 Å². The van der Waals surface area contributed by atoms with E-state index >= 15 is 0 Å². The predicted molar refractivity (Wildman–Crippen MR) is 119 cm³/mol. The topological polar surface area (TPSA) is 74.2 Å². The van der Waals surface area contributed by atoms with Gasteiger partial charge in [0.1, 0.15) is 5.75 Å². The third kappa shape index (κ3) is 4.18. The van der Waals surface area contributed by atoms with Crippen LogP contribution in [0.15, 0.2) is 59.7 Å². The zero-order valence-electron chi connectivity index (χ0n) is 18.2. The van der Waals surface area contributed by atoms with Gasteiger partial charge in [0.2, 0.25) is 5.91 Å². The smallest absolute Gasteiger partial charge is 0.257 e. The number of carbonyl (C=O) groups is 2. The third-order valence-electron chi connectivity index (χ3n) is 6.11. The van der Waals surface area contributed by atoms with Gasteiger partial charge in [-0.25, -0.2) is 5.01 Å². The lowest BCUT2D eigenvalue weighted by Crippen LogP contribution is -2.63. The maximum absolute atomic E-state index is 13.4. The molecule has 0 spiro atoms. The molecule has 2 aliphatic heterocycles. The van der Waals surface area contributed by atoms with Gasteiger partial charge in [-0.05, 0) is 37.1 Å². The molecular weight excluding hydrogens is 392 g/mol. The molecule has 1 atom stereocenters. The maximum atomic E-state index is 13.4. The maximum Gasteiger partial charge on any atom is 0.257 e. The molecular formula is C24H28N4O3. The molecule has 1 N–H and O–H groups in total. The van der Waals surface area contributed by atoms with E-state index < -0.39 is 5.54 Å². The van der Waals surface area contributed by atoms with Gasteiger partial charge in [-0.2, -0.15) is 5.10 Å². The Morgan fingerprint density at radius 2 is 1.87 bits per heavy atom. The Morgan fingerprint density at radius 3 is 2.55 bits per heavy atom. The van der Waals surface area contributed by atoms with Crippen molar-refractivity contribution in [3.8, 4) is 5.75 Å². The van der Waals surface area contributed by atoms with Crippen LogP contribution in [0.1, 0.15) is 37.4 Å². The molecule has 0 aromatic heterocycles. The SMILES string of the molecule is COc1ccc(C2CC(c3ccccc3)=NN2C(=O)CN2CCNC(=O)C2(C)C)cc1. The Kier molecular flexibility index (Phi) is 5.78. The van der Waals surface area contributed by atoms with Gasteiger partial charge < -0.3 is 10.1 Å². The first-order chi connectivity index (χ1) is 14.9. The number of amides is 2. The number of nitrogens with zero attached hydrogens (tertiary/aromatic N) is 3. The number of carbonyl (C=O) groups excluding carboxylic acids is 2. The quantitative estimate of drug-likeness (QED) is 0.807. The van der Waals surface area contributed by atoms with Gasteiger partial charge in [-0.1, -0.05) is 42.5 Å². The van der Waals surface area contributed by atoms with Gasteiger partial charge in [0.05, 0.1) is 30.9 Å². The minimum Gasteiger partial charge on any atom is -0.497 e. The number of hydrazone groups is 1. The number of hydrogen-bond acceptors (Lipinski definition) is 5. The molecule has 2 aromatic carbocycles.